The number of hydrogen-bond acceptors (Lipinski definition) is 5. The summed E-state index contributed by atoms with van der Waals surface area (Å²) in [6.45, 7) is 0.413. The minimum absolute atomic E-state index is 0.0429. The maximum absolute atomic E-state index is 12.1. The molecule has 1 aromatic carbocycles. The summed E-state index contributed by atoms with van der Waals surface area (Å²) in [5.74, 6) is -1.16. The van der Waals surface area contributed by atoms with Crippen LogP contribution >= 0.6 is 11.3 Å². The quantitative estimate of drug-likeness (QED) is 0.708. The molecule has 0 spiro atoms. The van der Waals surface area contributed by atoms with Crippen LogP contribution in [0.15, 0.2) is 29.6 Å². The van der Waals surface area contributed by atoms with Gasteiger partial charge in [-0.2, -0.15) is 5.10 Å². The maximum atomic E-state index is 12.1. The fraction of sp³-hybridized carbons (Fsp3) is 0.250. The first-order valence-electron chi connectivity index (χ1n) is 7.39. The summed E-state index contributed by atoms with van der Waals surface area (Å²) < 4.78 is 1.76. The number of carboxylic acid groups (broad SMARTS) is 1. The average Bonchev–Trinajstić information content (AvgIpc) is 3.14. The van der Waals surface area contributed by atoms with Gasteiger partial charge in [0, 0.05) is 30.8 Å². The average molecular weight is 344 g/mol. The van der Waals surface area contributed by atoms with Gasteiger partial charge in [-0.25, -0.2) is 9.78 Å². The van der Waals surface area contributed by atoms with E-state index in [1.54, 1.807) is 4.68 Å². The van der Waals surface area contributed by atoms with Gasteiger partial charge >= 0.3 is 5.97 Å². The van der Waals surface area contributed by atoms with Crippen LogP contribution in [0, 0.1) is 0 Å². The molecule has 1 amide bonds. The number of aromatic nitrogens is 3. The first kappa shape index (κ1) is 16.1. The molecule has 24 heavy (non-hydrogen) atoms. The Morgan fingerprint density at radius 1 is 1.33 bits per heavy atom. The molecule has 0 aliphatic rings. The zero-order valence-corrected chi connectivity index (χ0v) is 13.8. The summed E-state index contributed by atoms with van der Waals surface area (Å²) in [5.41, 5.74) is 1.78. The van der Waals surface area contributed by atoms with E-state index in [1.807, 2.05) is 31.3 Å². The first-order valence-corrected chi connectivity index (χ1v) is 8.27. The van der Waals surface area contributed by atoms with Crippen molar-refractivity contribution < 1.29 is 14.7 Å². The van der Waals surface area contributed by atoms with E-state index >= 15 is 0 Å². The van der Waals surface area contributed by atoms with Crippen LogP contribution in [0.3, 0.4) is 0 Å². The maximum Gasteiger partial charge on any atom is 0.355 e. The molecule has 2 aromatic heterocycles. The van der Waals surface area contributed by atoms with Gasteiger partial charge < -0.3 is 10.4 Å². The van der Waals surface area contributed by atoms with Gasteiger partial charge in [-0.3, -0.25) is 9.48 Å². The van der Waals surface area contributed by atoms with Crippen LogP contribution in [-0.2, 0) is 24.7 Å². The third-order valence-corrected chi connectivity index (χ3v) is 4.50. The fourth-order valence-electron chi connectivity index (χ4n) is 2.47. The monoisotopic (exact) mass is 344 g/mol. The normalized spacial score (nSPS) is 10.9. The molecule has 0 saturated heterocycles. The number of aryl methyl sites for hydroxylation is 1. The number of rotatable bonds is 6. The van der Waals surface area contributed by atoms with Gasteiger partial charge in [0.2, 0.25) is 5.91 Å². The number of para-hydroxylation sites is 1. The van der Waals surface area contributed by atoms with Crippen LogP contribution in [0.2, 0.25) is 0 Å². The van der Waals surface area contributed by atoms with Crippen molar-refractivity contribution in [2.45, 2.75) is 12.8 Å². The highest BCUT2D eigenvalue weighted by atomic mass is 32.1. The van der Waals surface area contributed by atoms with Gasteiger partial charge in [0.15, 0.2) is 5.69 Å². The van der Waals surface area contributed by atoms with Crippen LogP contribution in [0.5, 0.6) is 0 Å². The number of carbonyl (C=O) groups excluding carboxylic acids is 1. The molecule has 2 heterocycles. The molecule has 7 nitrogen and oxygen atoms in total. The lowest BCUT2D eigenvalue weighted by Crippen LogP contribution is -2.27. The molecule has 124 valence electrons. The SMILES string of the molecule is Cn1nc(CC(=O)NCCc2nc(C(=O)O)cs2)c2ccccc21. The topological polar surface area (TPSA) is 97.1 Å². The summed E-state index contributed by atoms with van der Waals surface area (Å²) in [5, 5.41) is 19.2. The highest BCUT2D eigenvalue weighted by Crippen LogP contribution is 2.17. The van der Waals surface area contributed by atoms with Crippen molar-refractivity contribution in [2.24, 2.45) is 7.05 Å². The summed E-state index contributed by atoms with van der Waals surface area (Å²) >= 11 is 1.28. The first-order chi connectivity index (χ1) is 11.5. The number of thiazole rings is 1. The lowest BCUT2D eigenvalue weighted by atomic mass is 10.1. The number of carbonyl (C=O) groups is 2. The summed E-state index contributed by atoms with van der Waals surface area (Å²) in [6, 6.07) is 7.78. The number of nitrogens with one attached hydrogen (secondary N) is 1. The highest BCUT2D eigenvalue weighted by molar-refractivity contribution is 7.09. The zero-order chi connectivity index (χ0) is 17.1. The summed E-state index contributed by atoms with van der Waals surface area (Å²) in [6.07, 6.45) is 0.715. The summed E-state index contributed by atoms with van der Waals surface area (Å²) in [7, 11) is 1.85. The Bertz CT molecular complexity index is 900. The van der Waals surface area contributed by atoms with E-state index in [0.717, 1.165) is 16.6 Å². The lowest BCUT2D eigenvalue weighted by Gasteiger charge is -2.02. The molecule has 0 radical (unpaired) electrons. The Labute approximate surface area is 141 Å². The number of amides is 1. The molecule has 2 N–H and O–H groups in total. The minimum Gasteiger partial charge on any atom is -0.476 e. The second-order valence-corrected chi connectivity index (χ2v) is 6.24. The predicted molar refractivity (Wildman–Crippen MR) is 90.2 cm³/mol. The minimum atomic E-state index is -1.04. The number of fused-ring (bicyclic) bond motifs is 1. The molecule has 0 unspecified atom stereocenters. The van der Waals surface area contributed by atoms with Crippen molar-refractivity contribution in [2.75, 3.05) is 6.54 Å². The highest BCUT2D eigenvalue weighted by Gasteiger charge is 2.12. The van der Waals surface area contributed by atoms with E-state index in [1.165, 1.54) is 16.7 Å². The zero-order valence-electron chi connectivity index (χ0n) is 13.0. The number of carboxylic acids is 1. The van der Waals surface area contributed by atoms with Crippen LogP contribution in [0.25, 0.3) is 10.9 Å². The molecule has 0 bridgehead atoms. The van der Waals surface area contributed by atoms with Crippen LogP contribution in [0.1, 0.15) is 21.2 Å². The van der Waals surface area contributed by atoms with Gasteiger partial charge in [0.1, 0.15) is 0 Å². The Hall–Kier alpha value is -2.74. The smallest absolute Gasteiger partial charge is 0.355 e. The van der Waals surface area contributed by atoms with E-state index in [2.05, 4.69) is 15.4 Å². The second kappa shape index (κ2) is 6.79. The van der Waals surface area contributed by atoms with E-state index in [9.17, 15) is 9.59 Å². The van der Waals surface area contributed by atoms with E-state index in [0.29, 0.717) is 18.0 Å². The third kappa shape index (κ3) is 3.43. The lowest BCUT2D eigenvalue weighted by molar-refractivity contribution is -0.120. The largest absolute Gasteiger partial charge is 0.476 e. The van der Waals surface area contributed by atoms with E-state index in [4.69, 9.17) is 5.11 Å². The van der Waals surface area contributed by atoms with Gasteiger partial charge in [0.05, 0.1) is 22.6 Å². The number of hydrogen-bond donors (Lipinski definition) is 2. The number of nitrogens with zero attached hydrogens (tertiary/aromatic N) is 3. The van der Waals surface area contributed by atoms with Gasteiger partial charge in [-0.15, -0.1) is 11.3 Å². The van der Waals surface area contributed by atoms with Crippen LogP contribution < -0.4 is 5.32 Å². The molecule has 0 saturated carbocycles. The van der Waals surface area contributed by atoms with Crippen molar-refractivity contribution >= 4 is 34.1 Å². The van der Waals surface area contributed by atoms with Crippen molar-refractivity contribution in [1.82, 2.24) is 20.1 Å². The molecule has 8 heteroatoms. The van der Waals surface area contributed by atoms with Crippen molar-refractivity contribution in [3.8, 4) is 0 Å². The number of benzene rings is 1. The van der Waals surface area contributed by atoms with Crippen molar-refractivity contribution in [3.05, 3.63) is 46.0 Å². The van der Waals surface area contributed by atoms with Gasteiger partial charge in [-0.1, -0.05) is 18.2 Å². The third-order valence-electron chi connectivity index (χ3n) is 3.59. The Balaban J connectivity index is 1.56. The van der Waals surface area contributed by atoms with Crippen molar-refractivity contribution in [1.29, 1.82) is 0 Å². The second-order valence-electron chi connectivity index (χ2n) is 5.30. The van der Waals surface area contributed by atoms with Crippen LogP contribution in [0.4, 0.5) is 0 Å². The Kier molecular flexibility index (Phi) is 4.57. The van der Waals surface area contributed by atoms with Gasteiger partial charge in [-0.05, 0) is 6.07 Å². The predicted octanol–water partition coefficient (Wildman–Crippen LogP) is 1.63. The molecular formula is C16H16N4O3S. The standard InChI is InChI=1S/C16H16N4O3S/c1-20-13-5-3-2-4-10(13)11(19-20)8-14(21)17-7-6-15-18-12(9-24-15)16(22)23/h2-5,9H,6-8H2,1H3,(H,17,21)(H,22,23). The molecule has 0 atom stereocenters. The number of aromatic carboxylic acids is 1. The molecule has 0 aliphatic heterocycles. The van der Waals surface area contributed by atoms with E-state index < -0.39 is 5.97 Å². The van der Waals surface area contributed by atoms with Gasteiger partial charge in [0.25, 0.3) is 0 Å². The molecule has 0 aliphatic carbocycles. The fourth-order valence-corrected chi connectivity index (χ4v) is 3.24. The molecular weight excluding hydrogens is 328 g/mol. The Morgan fingerprint density at radius 3 is 2.88 bits per heavy atom. The van der Waals surface area contributed by atoms with E-state index in [-0.39, 0.29) is 18.0 Å². The summed E-state index contributed by atoms with van der Waals surface area (Å²) in [4.78, 5) is 26.9. The Morgan fingerprint density at radius 2 is 2.12 bits per heavy atom. The molecule has 3 aromatic rings. The van der Waals surface area contributed by atoms with Crippen molar-refractivity contribution in [3.63, 3.8) is 0 Å². The van der Waals surface area contributed by atoms with Crippen LogP contribution in [-0.4, -0.2) is 38.3 Å². The molecule has 0 fully saturated rings. The molecule has 3 rings (SSSR count).